The van der Waals surface area contributed by atoms with Crippen LogP contribution in [-0.2, 0) is 4.74 Å². The van der Waals surface area contributed by atoms with Crippen molar-refractivity contribution in [1.29, 1.82) is 0 Å². The molecule has 9 nitrogen and oxygen atoms in total. The van der Waals surface area contributed by atoms with Crippen molar-refractivity contribution in [2.75, 3.05) is 58.3 Å². The first-order chi connectivity index (χ1) is 13.1. The smallest absolute Gasteiger partial charge is 0.414 e. The van der Waals surface area contributed by atoms with E-state index in [1.54, 1.807) is 20.8 Å². The molecule has 0 saturated carbocycles. The third kappa shape index (κ3) is 6.07. The number of rotatable bonds is 6. The zero-order valence-electron chi connectivity index (χ0n) is 17.3. The molecule has 1 saturated heterocycles. The van der Waals surface area contributed by atoms with Crippen LogP contribution >= 0.6 is 0 Å². The van der Waals surface area contributed by atoms with E-state index in [0.717, 1.165) is 26.2 Å². The van der Waals surface area contributed by atoms with Crippen LogP contribution in [0.2, 0.25) is 0 Å². The van der Waals surface area contributed by atoms with E-state index < -0.39 is 16.6 Å². The molecule has 0 atom stereocenters. The molecule has 0 N–H and O–H groups in total. The minimum absolute atomic E-state index is 0.0937. The summed E-state index contributed by atoms with van der Waals surface area (Å²) in [4.78, 5) is 29.5. The topological polar surface area (TPSA) is 88.4 Å². The largest absolute Gasteiger partial charge is 0.494 e. The number of benzene rings is 1. The summed E-state index contributed by atoms with van der Waals surface area (Å²) in [6.45, 7) is 10.3. The maximum Gasteiger partial charge on any atom is 0.414 e. The van der Waals surface area contributed by atoms with Gasteiger partial charge in [0.05, 0.1) is 23.8 Å². The lowest BCUT2D eigenvalue weighted by atomic mass is 10.2. The van der Waals surface area contributed by atoms with E-state index in [1.165, 1.54) is 30.2 Å². The summed E-state index contributed by atoms with van der Waals surface area (Å²) in [5.74, 6) is 0.262. The number of nitrogens with zero attached hydrogens (tertiary/aromatic N) is 4. The quantitative estimate of drug-likeness (QED) is 0.541. The number of carbonyl (C=O) groups excluding carboxylic acids is 1. The molecule has 1 heterocycles. The normalized spacial score (nSPS) is 15.9. The fraction of sp³-hybridized carbons (Fsp3) is 0.632. The summed E-state index contributed by atoms with van der Waals surface area (Å²) < 4.78 is 10.9. The van der Waals surface area contributed by atoms with E-state index in [2.05, 4.69) is 16.8 Å². The molecule has 1 aliphatic rings. The SMILES string of the molecule is COc1cc([N+](=O)[O-])ccc1N(CCN1CCN(C)CC1)C(=O)OC(C)(C)C. The van der Waals surface area contributed by atoms with Gasteiger partial charge in [-0.2, -0.15) is 0 Å². The Hall–Kier alpha value is -2.39. The van der Waals surface area contributed by atoms with Gasteiger partial charge in [-0.15, -0.1) is 0 Å². The summed E-state index contributed by atoms with van der Waals surface area (Å²) in [5, 5.41) is 11.1. The van der Waals surface area contributed by atoms with Gasteiger partial charge in [0.25, 0.3) is 5.69 Å². The van der Waals surface area contributed by atoms with E-state index in [9.17, 15) is 14.9 Å². The van der Waals surface area contributed by atoms with Gasteiger partial charge in [0.2, 0.25) is 0 Å². The molecule has 0 unspecified atom stereocenters. The van der Waals surface area contributed by atoms with Gasteiger partial charge in [-0.05, 0) is 33.9 Å². The number of ether oxygens (including phenoxy) is 2. The van der Waals surface area contributed by atoms with Gasteiger partial charge in [-0.25, -0.2) is 4.79 Å². The molecule has 0 bridgehead atoms. The third-order valence-corrected chi connectivity index (χ3v) is 4.51. The van der Waals surface area contributed by atoms with Crippen LogP contribution in [0.15, 0.2) is 18.2 Å². The second kappa shape index (κ2) is 9.20. The van der Waals surface area contributed by atoms with Crippen molar-refractivity contribution in [1.82, 2.24) is 9.80 Å². The Morgan fingerprint density at radius 2 is 1.89 bits per heavy atom. The number of hydrogen-bond acceptors (Lipinski definition) is 7. The molecule has 0 aromatic heterocycles. The molecule has 0 aliphatic carbocycles. The van der Waals surface area contributed by atoms with E-state index in [4.69, 9.17) is 9.47 Å². The van der Waals surface area contributed by atoms with Gasteiger partial charge in [0, 0.05) is 45.3 Å². The second-order valence-corrected chi connectivity index (χ2v) is 7.89. The summed E-state index contributed by atoms with van der Waals surface area (Å²) in [7, 11) is 3.52. The van der Waals surface area contributed by atoms with Crippen molar-refractivity contribution in [2.45, 2.75) is 26.4 Å². The van der Waals surface area contributed by atoms with Crippen molar-refractivity contribution in [3.63, 3.8) is 0 Å². The Kier molecular flexibility index (Phi) is 7.20. The summed E-state index contributed by atoms with van der Waals surface area (Å²) in [5.41, 5.74) is -0.294. The number of likely N-dealkylation sites (N-methyl/N-ethyl adjacent to an activating group) is 1. The number of carbonyl (C=O) groups is 1. The number of nitro benzene ring substituents is 1. The maximum absolute atomic E-state index is 12.9. The minimum atomic E-state index is -0.656. The Balaban J connectivity index is 2.24. The number of nitro groups is 1. The first-order valence-corrected chi connectivity index (χ1v) is 9.34. The molecule has 9 heteroatoms. The number of piperazine rings is 1. The lowest BCUT2D eigenvalue weighted by Gasteiger charge is -2.34. The molecule has 1 aromatic carbocycles. The zero-order chi connectivity index (χ0) is 20.9. The van der Waals surface area contributed by atoms with Gasteiger partial charge in [0.1, 0.15) is 11.4 Å². The Morgan fingerprint density at radius 3 is 2.43 bits per heavy atom. The first-order valence-electron chi connectivity index (χ1n) is 9.34. The van der Waals surface area contributed by atoms with Gasteiger partial charge in [-0.1, -0.05) is 0 Å². The summed E-state index contributed by atoms with van der Waals surface area (Å²) in [6, 6.07) is 4.22. The van der Waals surface area contributed by atoms with Gasteiger partial charge < -0.3 is 14.4 Å². The molecule has 1 amide bonds. The average molecular weight is 394 g/mol. The second-order valence-electron chi connectivity index (χ2n) is 7.89. The summed E-state index contributed by atoms with van der Waals surface area (Å²) in [6.07, 6.45) is -0.506. The minimum Gasteiger partial charge on any atom is -0.494 e. The predicted octanol–water partition coefficient (Wildman–Crippen LogP) is 2.59. The fourth-order valence-corrected chi connectivity index (χ4v) is 2.94. The van der Waals surface area contributed by atoms with E-state index in [1.807, 2.05) is 0 Å². The zero-order valence-corrected chi connectivity index (χ0v) is 17.3. The highest BCUT2D eigenvalue weighted by Crippen LogP contribution is 2.33. The van der Waals surface area contributed by atoms with E-state index >= 15 is 0 Å². The highest BCUT2D eigenvalue weighted by Gasteiger charge is 2.27. The van der Waals surface area contributed by atoms with Crippen LogP contribution in [0.1, 0.15) is 20.8 Å². The molecule has 2 rings (SSSR count). The van der Waals surface area contributed by atoms with Crippen LogP contribution in [0.25, 0.3) is 0 Å². The maximum atomic E-state index is 12.9. The van der Waals surface area contributed by atoms with E-state index in [0.29, 0.717) is 18.8 Å². The summed E-state index contributed by atoms with van der Waals surface area (Å²) >= 11 is 0. The van der Waals surface area contributed by atoms with Crippen molar-refractivity contribution in [3.05, 3.63) is 28.3 Å². The molecule has 28 heavy (non-hydrogen) atoms. The Bertz CT molecular complexity index is 696. The predicted molar refractivity (Wildman–Crippen MR) is 107 cm³/mol. The molecule has 0 radical (unpaired) electrons. The van der Waals surface area contributed by atoms with Crippen LogP contribution in [0.5, 0.6) is 5.75 Å². The first kappa shape index (κ1) is 21.9. The van der Waals surface area contributed by atoms with Crippen molar-refractivity contribution in [2.24, 2.45) is 0 Å². The Labute approximate surface area is 165 Å². The lowest BCUT2D eigenvalue weighted by Crippen LogP contribution is -2.48. The molecular weight excluding hydrogens is 364 g/mol. The average Bonchev–Trinajstić information content (AvgIpc) is 2.61. The standard InChI is InChI=1S/C19H30N4O5/c1-19(2,3)28-18(24)22(13-12-21-10-8-20(4)9-11-21)16-7-6-15(23(25)26)14-17(16)27-5/h6-7,14H,8-13H2,1-5H3. The number of hydrogen-bond donors (Lipinski definition) is 0. The fourth-order valence-electron chi connectivity index (χ4n) is 2.94. The number of anilines is 1. The third-order valence-electron chi connectivity index (χ3n) is 4.51. The lowest BCUT2D eigenvalue weighted by molar-refractivity contribution is -0.384. The van der Waals surface area contributed by atoms with Crippen molar-refractivity contribution in [3.8, 4) is 5.75 Å². The van der Waals surface area contributed by atoms with Gasteiger partial charge in [0.15, 0.2) is 0 Å². The highest BCUT2D eigenvalue weighted by atomic mass is 16.6. The number of amides is 1. The molecule has 0 spiro atoms. The number of non-ortho nitro benzene ring substituents is 1. The molecule has 156 valence electrons. The molecule has 1 fully saturated rings. The molecular formula is C19H30N4O5. The van der Waals surface area contributed by atoms with Crippen LogP contribution in [0.4, 0.5) is 16.2 Å². The monoisotopic (exact) mass is 394 g/mol. The van der Waals surface area contributed by atoms with Crippen molar-refractivity contribution >= 4 is 17.5 Å². The van der Waals surface area contributed by atoms with Crippen LogP contribution in [0.3, 0.4) is 0 Å². The Morgan fingerprint density at radius 1 is 1.25 bits per heavy atom. The van der Waals surface area contributed by atoms with Crippen LogP contribution in [-0.4, -0.2) is 79.8 Å². The molecule has 1 aromatic rings. The van der Waals surface area contributed by atoms with Gasteiger partial charge in [-0.3, -0.25) is 19.9 Å². The molecule has 1 aliphatic heterocycles. The van der Waals surface area contributed by atoms with E-state index in [-0.39, 0.29) is 11.4 Å². The van der Waals surface area contributed by atoms with Crippen LogP contribution < -0.4 is 9.64 Å². The van der Waals surface area contributed by atoms with Crippen molar-refractivity contribution < 1.29 is 19.2 Å². The van der Waals surface area contributed by atoms with Crippen LogP contribution in [0, 0.1) is 10.1 Å². The van der Waals surface area contributed by atoms with Gasteiger partial charge >= 0.3 is 6.09 Å². The number of methoxy groups -OCH3 is 1. The highest BCUT2D eigenvalue weighted by molar-refractivity contribution is 5.90.